The molecule has 172 valence electrons. The average molecular weight is 466 g/mol. The molecule has 2 aromatic rings. The number of aryl methyl sites for hydroxylation is 1. The van der Waals surface area contributed by atoms with Crippen LogP contribution in [0, 0.1) is 25.2 Å². The highest BCUT2D eigenvalue weighted by molar-refractivity contribution is 8.26. The Morgan fingerprint density at radius 3 is 2.61 bits per heavy atom. The summed E-state index contributed by atoms with van der Waals surface area (Å²) in [6.45, 7) is 8.17. The standard InChI is InChI=1S/C24H27N5O3S/c1-13(2)9-21-27-29-22(25)18(23(30)26-24(29)33-21)11-16-10-14(3)28(15(16)4)19-12-17(31-5)7-8-20(19)32-6/h7-8,10-13,25H,9H2,1-6H3/b18-11-,25-22?. The van der Waals surface area contributed by atoms with Crippen molar-refractivity contribution in [2.45, 2.75) is 34.1 Å². The Bertz CT molecular complexity index is 1240. The van der Waals surface area contributed by atoms with E-state index in [0.717, 1.165) is 34.1 Å². The van der Waals surface area contributed by atoms with Crippen LogP contribution in [0.2, 0.25) is 0 Å². The number of nitrogens with one attached hydrogen (secondary N) is 1. The van der Waals surface area contributed by atoms with Crippen molar-refractivity contribution >= 4 is 39.8 Å². The molecule has 1 aromatic heterocycles. The monoisotopic (exact) mass is 465 g/mol. The number of benzene rings is 1. The van der Waals surface area contributed by atoms with E-state index in [9.17, 15) is 4.79 Å². The van der Waals surface area contributed by atoms with Gasteiger partial charge in [-0.3, -0.25) is 10.2 Å². The highest BCUT2D eigenvalue weighted by Gasteiger charge is 2.35. The molecule has 0 radical (unpaired) electrons. The van der Waals surface area contributed by atoms with Crippen LogP contribution in [0.15, 0.2) is 39.9 Å². The molecule has 0 unspecified atom stereocenters. The maximum Gasteiger partial charge on any atom is 0.283 e. The molecule has 3 heterocycles. The van der Waals surface area contributed by atoms with E-state index >= 15 is 0 Å². The van der Waals surface area contributed by atoms with Gasteiger partial charge in [0.05, 0.1) is 25.5 Å². The van der Waals surface area contributed by atoms with Gasteiger partial charge in [0.25, 0.3) is 5.91 Å². The lowest BCUT2D eigenvalue weighted by Crippen LogP contribution is -2.35. The smallest absolute Gasteiger partial charge is 0.283 e. The topological polar surface area (TPSA) is 92.3 Å². The van der Waals surface area contributed by atoms with Crippen molar-refractivity contribution < 1.29 is 14.3 Å². The third-order valence-corrected chi connectivity index (χ3v) is 6.41. The van der Waals surface area contributed by atoms with Gasteiger partial charge in [0, 0.05) is 23.9 Å². The molecule has 0 fully saturated rings. The number of rotatable bonds is 6. The quantitative estimate of drug-likeness (QED) is 0.620. The Morgan fingerprint density at radius 1 is 1.18 bits per heavy atom. The molecule has 4 rings (SSSR count). The predicted octanol–water partition coefficient (Wildman–Crippen LogP) is 4.78. The molecule has 2 aliphatic rings. The number of thioether (sulfide) groups is 1. The molecule has 1 aromatic carbocycles. The first-order valence-electron chi connectivity index (χ1n) is 10.6. The van der Waals surface area contributed by atoms with Gasteiger partial charge in [-0.25, -0.2) is 0 Å². The molecule has 2 aliphatic heterocycles. The fourth-order valence-electron chi connectivity index (χ4n) is 3.89. The highest BCUT2D eigenvalue weighted by Crippen LogP contribution is 2.34. The molecule has 8 nitrogen and oxygen atoms in total. The number of amidine groups is 2. The highest BCUT2D eigenvalue weighted by atomic mass is 32.2. The van der Waals surface area contributed by atoms with Crippen molar-refractivity contribution in [3.05, 3.63) is 46.8 Å². The first kappa shape index (κ1) is 22.8. The minimum absolute atomic E-state index is 0.0417. The SMILES string of the molecule is COc1ccc(OC)c(-n2c(C)cc(/C=C3/C(=N)N4N=C(CC(C)C)SC4=NC3=O)c2C)c1. The molecular weight excluding hydrogens is 438 g/mol. The van der Waals surface area contributed by atoms with E-state index in [1.165, 1.54) is 16.8 Å². The number of hydrogen-bond acceptors (Lipinski definition) is 6. The van der Waals surface area contributed by atoms with Gasteiger partial charge < -0.3 is 14.0 Å². The van der Waals surface area contributed by atoms with E-state index < -0.39 is 5.91 Å². The van der Waals surface area contributed by atoms with Crippen LogP contribution in [-0.4, -0.2) is 45.7 Å². The molecule has 9 heteroatoms. The molecule has 33 heavy (non-hydrogen) atoms. The number of aromatic nitrogens is 1. The lowest BCUT2D eigenvalue weighted by atomic mass is 10.1. The van der Waals surface area contributed by atoms with Crippen LogP contribution in [-0.2, 0) is 4.79 Å². The molecule has 0 atom stereocenters. The van der Waals surface area contributed by atoms with E-state index in [0.29, 0.717) is 22.6 Å². The Hall–Kier alpha value is -3.33. The van der Waals surface area contributed by atoms with E-state index in [4.69, 9.17) is 14.9 Å². The largest absolute Gasteiger partial charge is 0.497 e. The normalized spacial score (nSPS) is 16.9. The zero-order chi connectivity index (χ0) is 23.9. The first-order valence-corrected chi connectivity index (χ1v) is 11.5. The second-order valence-electron chi connectivity index (χ2n) is 8.31. The lowest BCUT2D eigenvalue weighted by Gasteiger charge is -2.20. The average Bonchev–Trinajstić information content (AvgIpc) is 3.29. The van der Waals surface area contributed by atoms with Crippen LogP contribution < -0.4 is 9.47 Å². The van der Waals surface area contributed by atoms with Gasteiger partial charge >= 0.3 is 0 Å². The van der Waals surface area contributed by atoms with Gasteiger partial charge in [0.2, 0.25) is 5.17 Å². The van der Waals surface area contributed by atoms with Crippen LogP contribution >= 0.6 is 11.8 Å². The summed E-state index contributed by atoms with van der Waals surface area (Å²) in [5.74, 6) is 1.46. The van der Waals surface area contributed by atoms with Gasteiger partial charge in [0.15, 0.2) is 5.84 Å². The fourth-order valence-corrected chi connectivity index (χ4v) is 4.99. The van der Waals surface area contributed by atoms with Gasteiger partial charge in [-0.15, -0.1) is 0 Å². The second-order valence-corrected chi connectivity index (χ2v) is 9.35. The number of carbonyl (C=O) groups excluding carboxylic acids is 1. The van der Waals surface area contributed by atoms with E-state index in [2.05, 4.69) is 23.9 Å². The maximum atomic E-state index is 12.8. The Balaban J connectivity index is 1.74. The van der Waals surface area contributed by atoms with Crippen molar-refractivity contribution in [1.82, 2.24) is 9.58 Å². The predicted molar refractivity (Wildman–Crippen MR) is 133 cm³/mol. The molecule has 0 saturated heterocycles. The summed E-state index contributed by atoms with van der Waals surface area (Å²) in [5, 5.41) is 15.9. The summed E-state index contributed by atoms with van der Waals surface area (Å²) in [5.41, 5.74) is 3.73. The number of aliphatic imine (C=N–C) groups is 1. The summed E-state index contributed by atoms with van der Waals surface area (Å²) in [6, 6.07) is 7.60. The molecule has 0 bridgehead atoms. The minimum Gasteiger partial charge on any atom is -0.497 e. The van der Waals surface area contributed by atoms with Crippen molar-refractivity contribution in [3.8, 4) is 17.2 Å². The number of hydrogen-bond donors (Lipinski definition) is 1. The fraction of sp³-hybridized carbons (Fsp3) is 0.333. The molecule has 0 spiro atoms. The number of amides is 1. The van der Waals surface area contributed by atoms with E-state index in [1.54, 1.807) is 20.3 Å². The van der Waals surface area contributed by atoms with Crippen LogP contribution in [0.25, 0.3) is 11.8 Å². The maximum absolute atomic E-state index is 12.8. The van der Waals surface area contributed by atoms with Gasteiger partial charge in [-0.2, -0.15) is 15.1 Å². The molecule has 0 saturated carbocycles. The molecule has 0 aliphatic carbocycles. The minimum atomic E-state index is -0.427. The van der Waals surface area contributed by atoms with Crippen LogP contribution in [0.1, 0.15) is 37.2 Å². The summed E-state index contributed by atoms with van der Waals surface area (Å²) in [6.07, 6.45) is 2.50. The van der Waals surface area contributed by atoms with Gasteiger partial charge in [-0.1, -0.05) is 13.8 Å². The Kier molecular flexibility index (Phi) is 6.16. The van der Waals surface area contributed by atoms with Gasteiger partial charge in [0.1, 0.15) is 16.5 Å². The number of methoxy groups -OCH3 is 2. The number of fused-ring (bicyclic) bond motifs is 1. The van der Waals surface area contributed by atoms with Crippen molar-refractivity contribution in [1.29, 1.82) is 5.41 Å². The zero-order valence-corrected chi connectivity index (χ0v) is 20.4. The molecule has 1 N–H and O–H groups in total. The summed E-state index contributed by atoms with van der Waals surface area (Å²) < 4.78 is 13.0. The van der Waals surface area contributed by atoms with E-state index in [1.807, 2.05) is 42.7 Å². The number of ether oxygens (including phenoxy) is 2. The molecule has 1 amide bonds. The van der Waals surface area contributed by atoms with Crippen molar-refractivity contribution in [2.24, 2.45) is 16.0 Å². The zero-order valence-electron chi connectivity index (χ0n) is 19.6. The third kappa shape index (κ3) is 4.20. The Labute approximate surface area is 197 Å². The lowest BCUT2D eigenvalue weighted by molar-refractivity contribution is -0.114. The summed E-state index contributed by atoms with van der Waals surface area (Å²) >= 11 is 1.36. The number of nitrogens with zero attached hydrogens (tertiary/aromatic N) is 4. The van der Waals surface area contributed by atoms with E-state index in [-0.39, 0.29) is 11.4 Å². The summed E-state index contributed by atoms with van der Waals surface area (Å²) in [7, 11) is 3.25. The number of carbonyl (C=O) groups is 1. The summed E-state index contributed by atoms with van der Waals surface area (Å²) in [4.78, 5) is 17.0. The second kappa shape index (κ2) is 8.90. The Morgan fingerprint density at radius 2 is 1.94 bits per heavy atom. The van der Waals surface area contributed by atoms with Crippen LogP contribution in [0.3, 0.4) is 0 Å². The molecular formula is C24H27N5O3S. The van der Waals surface area contributed by atoms with Crippen molar-refractivity contribution in [2.75, 3.05) is 14.2 Å². The van der Waals surface area contributed by atoms with Crippen molar-refractivity contribution in [3.63, 3.8) is 0 Å². The van der Waals surface area contributed by atoms with Gasteiger partial charge in [-0.05, 0) is 61.4 Å². The third-order valence-electron chi connectivity index (χ3n) is 5.48. The van der Waals surface area contributed by atoms with Crippen LogP contribution in [0.4, 0.5) is 0 Å². The number of hydrazone groups is 1. The van der Waals surface area contributed by atoms with Crippen LogP contribution in [0.5, 0.6) is 11.5 Å². The first-order chi connectivity index (χ1) is 15.7.